The Morgan fingerprint density at radius 2 is 2.29 bits per heavy atom. The maximum atomic E-state index is 10.8. The first-order chi connectivity index (χ1) is 9.97. The van der Waals surface area contributed by atoms with Crippen molar-refractivity contribution in [3.05, 3.63) is 32.8 Å². The van der Waals surface area contributed by atoms with Crippen LogP contribution in [0.5, 0.6) is 0 Å². The molecule has 2 rings (SSSR count). The average molecular weight is 356 g/mol. The first kappa shape index (κ1) is 16.2. The molecular weight excluding hydrogens is 334 g/mol. The highest BCUT2D eigenvalue weighted by Crippen LogP contribution is 2.32. The van der Waals surface area contributed by atoms with Crippen LogP contribution in [0.3, 0.4) is 0 Å². The summed E-state index contributed by atoms with van der Waals surface area (Å²) in [6.45, 7) is 7.35. The fourth-order valence-corrected chi connectivity index (χ4v) is 3.34. The molecule has 116 valence electrons. The van der Waals surface area contributed by atoms with E-state index >= 15 is 0 Å². The van der Waals surface area contributed by atoms with Crippen molar-refractivity contribution < 1.29 is 4.92 Å². The molecule has 6 heteroatoms. The monoisotopic (exact) mass is 355 g/mol. The van der Waals surface area contributed by atoms with Crippen molar-refractivity contribution >= 4 is 27.3 Å². The summed E-state index contributed by atoms with van der Waals surface area (Å²) in [5.74, 6) is 0.628. The molecule has 1 heterocycles. The topological polar surface area (TPSA) is 58.4 Å². The molecule has 0 aliphatic carbocycles. The molecule has 1 unspecified atom stereocenters. The van der Waals surface area contributed by atoms with Gasteiger partial charge in [-0.25, -0.2) is 0 Å². The lowest BCUT2D eigenvalue weighted by Gasteiger charge is -2.35. The van der Waals surface area contributed by atoms with E-state index in [9.17, 15) is 10.1 Å². The van der Waals surface area contributed by atoms with Gasteiger partial charge in [0.25, 0.3) is 5.69 Å². The number of non-ortho nitro benzene ring substituents is 1. The summed E-state index contributed by atoms with van der Waals surface area (Å²) in [7, 11) is 0. The van der Waals surface area contributed by atoms with E-state index in [4.69, 9.17) is 0 Å². The fraction of sp³-hybridized carbons (Fsp3) is 0.600. The maximum absolute atomic E-state index is 10.8. The number of anilines is 1. The molecule has 0 bridgehead atoms. The van der Waals surface area contributed by atoms with E-state index < -0.39 is 0 Å². The third kappa shape index (κ3) is 4.41. The number of benzene rings is 1. The average Bonchev–Trinajstić information content (AvgIpc) is 2.45. The standard InChI is InChI=1S/C15H22BrN3O2/c1-11(2)17-9-12-4-3-7-18(10-12)15-6-5-13(19(20)21)8-14(15)16/h5-6,8,11-12,17H,3-4,7,9-10H2,1-2H3. The van der Waals surface area contributed by atoms with E-state index in [0.717, 1.165) is 36.2 Å². The van der Waals surface area contributed by atoms with Gasteiger partial charge in [-0.1, -0.05) is 13.8 Å². The van der Waals surface area contributed by atoms with Crippen LogP contribution in [0, 0.1) is 16.0 Å². The number of nitro benzene ring substituents is 1. The van der Waals surface area contributed by atoms with Crippen LogP contribution in [-0.4, -0.2) is 30.6 Å². The molecule has 0 amide bonds. The van der Waals surface area contributed by atoms with Crippen molar-refractivity contribution in [1.29, 1.82) is 0 Å². The number of hydrogen-bond donors (Lipinski definition) is 1. The summed E-state index contributed by atoms with van der Waals surface area (Å²) < 4.78 is 0.800. The third-order valence-electron chi connectivity index (χ3n) is 3.82. The summed E-state index contributed by atoms with van der Waals surface area (Å²) in [5.41, 5.74) is 1.18. The molecule has 0 saturated carbocycles. The second kappa shape index (κ2) is 7.22. The Bertz CT molecular complexity index is 508. The lowest BCUT2D eigenvalue weighted by atomic mass is 9.97. The van der Waals surface area contributed by atoms with Gasteiger partial charge in [0, 0.05) is 35.7 Å². The summed E-state index contributed by atoms with van der Waals surface area (Å²) >= 11 is 3.47. The smallest absolute Gasteiger partial charge is 0.270 e. The Morgan fingerprint density at radius 1 is 1.52 bits per heavy atom. The molecule has 21 heavy (non-hydrogen) atoms. The van der Waals surface area contributed by atoms with Gasteiger partial charge in [0.15, 0.2) is 0 Å². The van der Waals surface area contributed by atoms with E-state index in [-0.39, 0.29) is 10.6 Å². The minimum atomic E-state index is -0.361. The highest BCUT2D eigenvalue weighted by Gasteiger charge is 2.22. The lowest BCUT2D eigenvalue weighted by molar-refractivity contribution is -0.384. The molecule has 1 aromatic carbocycles. The van der Waals surface area contributed by atoms with Crippen LogP contribution in [0.15, 0.2) is 22.7 Å². The van der Waals surface area contributed by atoms with Gasteiger partial charge in [-0.3, -0.25) is 10.1 Å². The molecule has 0 spiro atoms. The first-order valence-electron chi connectivity index (χ1n) is 7.39. The van der Waals surface area contributed by atoms with Crippen molar-refractivity contribution in [2.45, 2.75) is 32.7 Å². The maximum Gasteiger partial charge on any atom is 0.270 e. The summed E-state index contributed by atoms with van der Waals surface area (Å²) in [4.78, 5) is 12.8. The molecule has 1 aliphatic rings. The zero-order valence-electron chi connectivity index (χ0n) is 12.5. The molecule has 1 N–H and O–H groups in total. The van der Waals surface area contributed by atoms with Crippen molar-refractivity contribution in [3.63, 3.8) is 0 Å². The number of hydrogen-bond acceptors (Lipinski definition) is 4. The van der Waals surface area contributed by atoms with Gasteiger partial charge in [-0.05, 0) is 47.3 Å². The normalized spacial score (nSPS) is 19.0. The van der Waals surface area contributed by atoms with Crippen LogP contribution >= 0.6 is 15.9 Å². The Hall–Kier alpha value is -1.14. The molecule has 1 atom stereocenters. The molecule has 1 fully saturated rings. The zero-order chi connectivity index (χ0) is 15.4. The molecular formula is C15H22BrN3O2. The zero-order valence-corrected chi connectivity index (χ0v) is 14.1. The highest BCUT2D eigenvalue weighted by atomic mass is 79.9. The van der Waals surface area contributed by atoms with Crippen LogP contribution in [0.4, 0.5) is 11.4 Å². The molecule has 0 radical (unpaired) electrons. The minimum Gasteiger partial charge on any atom is -0.370 e. The number of nitro groups is 1. The van der Waals surface area contributed by atoms with E-state index in [1.807, 2.05) is 6.07 Å². The number of nitrogens with zero attached hydrogens (tertiary/aromatic N) is 2. The number of rotatable bonds is 5. The quantitative estimate of drug-likeness (QED) is 0.647. The van der Waals surface area contributed by atoms with Gasteiger partial charge >= 0.3 is 0 Å². The van der Waals surface area contributed by atoms with Gasteiger partial charge in [0.05, 0.1) is 10.6 Å². The Morgan fingerprint density at radius 3 is 2.90 bits per heavy atom. The van der Waals surface area contributed by atoms with E-state index in [2.05, 4.69) is 40.0 Å². The van der Waals surface area contributed by atoms with Crippen LogP contribution in [0.25, 0.3) is 0 Å². The van der Waals surface area contributed by atoms with Gasteiger partial charge in [-0.2, -0.15) is 0 Å². The van der Waals surface area contributed by atoms with Crippen LogP contribution in [0.1, 0.15) is 26.7 Å². The molecule has 1 aromatic rings. The lowest BCUT2D eigenvalue weighted by Crippen LogP contribution is -2.41. The van der Waals surface area contributed by atoms with Gasteiger partial charge < -0.3 is 10.2 Å². The Kier molecular flexibility index (Phi) is 5.58. The minimum absolute atomic E-state index is 0.126. The van der Waals surface area contributed by atoms with Crippen LogP contribution < -0.4 is 10.2 Å². The van der Waals surface area contributed by atoms with Crippen molar-refractivity contribution in [2.24, 2.45) is 5.92 Å². The molecule has 0 aromatic heterocycles. The first-order valence-corrected chi connectivity index (χ1v) is 8.19. The van der Waals surface area contributed by atoms with Gasteiger partial charge in [-0.15, -0.1) is 0 Å². The van der Waals surface area contributed by atoms with Crippen molar-refractivity contribution in [3.8, 4) is 0 Å². The van der Waals surface area contributed by atoms with Crippen molar-refractivity contribution in [2.75, 3.05) is 24.5 Å². The Balaban J connectivity index is 2.05. The second-order valence-electron chi connectivity index (χ2n) is 5.91. The summed E-state index contributed by atoms with van der Waals surface area (Å²) in [6, 6.07) is 5.52. The Labute approximate surface area is 134 Å². The predicted molar refractivity (Wildman–Crippen MR) is 88.9 cm³/mol. The van der Waals surface area contributed by atoms with E-state index in [0.29, 0.717) is 12.0 Å². The number of nitrogens with one attached hydrogen (secondary N) is 1. The highest BCUT2D eigenvalue weighted by molar-refractivity contribution is 9.10. The number of piperidine rings is 1. The number of halogens is 1. The van der Waals surface area contributed by atoms with Gasteiger partial charge in [0.1, 0.15) is 0 Å². The summed E-state index contributed by atoms with van der Waals surface area (Å²) in [5, 5.41) is 14.3. The van der Waals surface area contributed by atoms with Crippen LogP contribution in [-0.2, 0) is 0 Å². The largest absolute Gasteiger partial charge is 0.370 e. The molecule has 5 nitrogen and oxygen atoms in total. The van der Waals surface area contributed by atoms with E-state index in [1.54, 1.807) is 12.1 Å². The predicted octanol–water partition coefficient (Wildman–Crippen LogP) is 3.57. The van der Waals surface area contributed by atoms with Gasteiger partial charge in [0.2, 0.25) is 0 Å². The van der Waals surface area contributed by atoms with E-state index in [1.165, 1.54) is 6.42 Å². The molecule has 1 saturated heterocycles. The molecule has 1 aliphatic heterocycles. The second-order valence-corrected chi connectivity index (χ2v) is 6.76. The fourth-order valence-electron chi connectivity index (χ4n) is 2.72. The van der Waals surface area contributed by atoms with Crippen molar-refractivity contribution in [1.82, 2.24) is 5.32 Å². The SMILES string of the molecule is CC(C)NCC1CCCN(c2ccc([N+](=O)[O-])cc2Br)C1. The summed E-state index contributed by atoms with van der Waals surface area (Å²) in [6.07, 6.45) is 2.40. The van der Waals surface area contributed by atoms with Crippen LogP contribution in [0.2, 0.25) is 0 Å². The third-order valence-corrected chi connectivity index (χ3v) is 4.45.